The number of ether oxygens (including phenoxy) is 1. The van der Waals surface area contributed by atoms with Crippen molar-refractivity contribution in [1.82, 2.24) is 4.90 Å². The van der Waals surface area contributed by atoms with E-state index in [1.165, 1.54) is 26.4 Å². The lowest BCUT2D eigenvalue weighted by Crippen LogP contribution is -2.42. The van der Waals surface area contributed by atoms with Crippen LogP contribution < -0.4 is 0 Å². The Labute approximate surface area is 125 Å². The Kier molecular flexibility index (Phi) is 4.64. The molecular formula is C14H13NO5S. The summed E-state index contributed by atoms with van der Waals surface area (Å²) < 4.78 is 9.65. The molecule has 0 spiro atoms. The highest BCUT2D eigenvalue weighted by molar-refractivity contribution is 8.18. The number of hydrogen-bond donors (Lipinski definition) is 0. The fourth-order valence-corrected chi connectivity index (χ4v) is 2.58. The third-order valence-corrected chi connectivity index (χ3v) is 3.71. The van der Waals surface area contributed by atoms with Gasteiger partial charge >= 0.3 is 5.97 Å². The molecule has 0 aromatic carbocycles. The van der Waals surface area contributed by atoms with E-state index in [4.69, 9.17) is 4.42 Å². The van der Waals surface area contributed by atoms with Crippen molar-refractivity contribution in [2.75, 3.05) is 7.11 Å². The first-order valence-electron chi connectivity index (χ1n) is 6.09. The van der Waals surface area contributed by atoms with E-state index in [-0.39, 0.29) is 4.91 Å². The number of furan rings is 1. The molecule has 6 nitrogen and oxygen atoms in total. The molecule has 1 aliphatic rings. The number of carbonyl (C=O) groups excluding carboxylic acids is 3. The summed E-state index contributed by atoms with van der Waals surface area (Å²) in [5, 5.41) is -0.490. The van der Waals surface area contributed by atoms with Crippen molar-refractivity contribution in [2.45, 2.75) is 13.0 Å². The van der Waals surface area contributed by atoms with E-state index in [2.05, 4.69) is 4.74 Å². The van der Waals surface area contributed by atoms with Crippen LogP contribution in [0.3, 0.4) is 0 Å². The van der Waals surface area contributed by atoms with Gasteiger partial charge < -0.3 is 9.15 Å². The molecule has 2 amide bonds. The first kappa shape index (κ1) is 15.1. The summed E-state index contributed by atoms with van der Waals surface area (Å²) in [6.07, 6.45) is 6.32. The van der Waals surface area contributed by atoms with Crippen LogP contribution in [0.2, 0.25) is 0 Å². The van der Waals surface area contributed by atoms with Gasteiger partial charge in [0.25, 0.3) is 11.1 Å². The molecule has 1 aliphatic heterocycles. The number of carbonyl (C=O) groups is 3. The molecule has 0 N–H and O–H groups in total. The predicted molar refractivity (Wildman–Crippen MR) is 77.1 cm³/mol. The molecule has 7 heteroatoms. The SMILES string of the molecule is COC(=O)C(C)N1C(=O)SC(=CC=Cc2ccco2)C1=O. The van der Waals surface area contributed by atoms with Gasteiger partial charge in [0.15, 0.2) is 0 Å². The van der Waals surface area contributed by atoms with Crippen molar-refractivity contribution in [2.24, 2.45) is 0 Å². The molecule has 21 heavy (non-hydrogen) atoms. The van der Waals surface area contributed by atoms with Crippen LogP contribution >= 0.6 is 11.8 Å². The number of amides is 2. The monoisotopic (exact) mass is 307 g/mol. The Bertz CT molecular complexity index is 617. The lowest BCUT2D eigenvalue weighted by molar-refractivity contribution is -0.148. The largest absolute Gasteiger partial charge is 0.467 e. The number of nitrogens with zero attached hydrogens (tertiary/aromatic N) is 1. The first-order chi connectivity index (χ1) is 10.0. The van der Waals surface area contributed by atoms with Crippen molar-refractivity contribution >= 4 is 35.0 Å². The number of hydrogen-bond acceptors (Lipinski definition) is 6. The van der Waals surface area contributed by atoms with Crippen LogP contribution in [0, 0.1) is 0 Å². The second-order valence-electron chi connectivity index (χ2n) is 4.15. The predicted octanol–water partition coefficient (Wildman–Crippen LogP) is 2.43. The zero-order valence-electron chi connectivity index (χ0n) is 11.4. The molecule has 1 aromatic heterocycles. The molecule has 1 fully saturated rings. The summed E-state index contributed by atoms with van der Waals surface area (Å²) in [6.45, 7) is 1.45. The van der Waals surface area contributed by atoms with E-state index in [9.17, 15) is 14.4 Å². The van der Waals surface area contributed by atoms with Crippen molar-refractivity contribution in [3.05, 3.63) is 41.2 Å². The fraction of sp³-hybridized carbons (Fsp3) is 0.214. The molecule has 2 rings (SSSR count). The van der Waals surface area contributed by atoms with Gasteiger partial charge in [-0.1, -0.05) is 6.08 Å². The third-order valence-electron chi connectivity index (χ3n) is 2.80. The topological polar surface area (TPSA) is 76.8 Å². The molecule has 110 valence electrons. The van der Waals surface area contributed by atoms with Crippen LogP contribution in [-0.4, -0.2) is 35.2 Å². The minimum absolute atomic E-state index is 0.249. The molecule has 0 saturated carbocycles. The third kappa shape index (κ3) is 3.25. The Morgan fingerprint density at radius 2 is 2.24 bits per heavy atom. The van der Waals surface area contributed by atoms with Crippen LogP contribution in [0.4, 0.5) is 4.79 Å². The maximum atomic E-state index is 12.1. The minimum Gasteiger partial charge on any atom is -0.467 e. The Hall–Kier alpha value is -2.28. The zero-order chi connectivity index (χ0) is 15.4. The van der Waals surface area contributed by atoms with Crippen LogP contribution in [0.1, 0.15) is 12.7 Å². The van der Waals surface area contributed by atoms with Crippen molar-refractivity contribution in [3.8, 4) is 0 Å². The van der Waals surface area contributed by atoms with Crippen LogP contribution in [0.5, 0.6) is 0 Å². The van der Waals surface area contributed by atoms with E-state index in [1.54, 1.807) is 24.3 Å². The van der Waals surface area contributed by atoms with Gasteiger partial charge in [0.2, 0.25) is 0 Å². The average Bonchev–Trinajstić information content (AvgIpc) is 3.07. The Balaban J connectivity index is 2.12. The van der Waals surface area contributed by atoms with Gasteiger partial charge in [0.1, 0.15) is 11.8 Å². The molecule has 1 aromatic rings. The summed E-state index contributed by atoms with van der Waals surface area (Å²) in [5.41, 5.74) is 0. The zero-order valence-corrected chi connectivity index (χ0v) is 12.3. The smallest absolute Gasteiger partial charge is 0.328 e. The van der Waals surface area contributed by atoms with Gasteiger partial charge in [-0.3, -0.25) is 14.5 Å². The first-order valence-corrected chi connectivity index (χ1v) is 6.91. The number of imide groups is 1. The van der Waals surface area contributed by atoms with E-state index in [1.807, 2.05) is 0 Å². The van der Waals surface area contributed by atoms with E-state index in [0.29, 0.717) is 5.76 Å². The van der Waals surface area contributed by atoms with Crippen LogP contribution in [0.25, 0.3) is 6.08 Å². The summed E-state index contributed by atoms with van der Waals surface area (Å²) >= 11 is 0.784. The second-order valence-corrected chi connectivity index (χ2v) is 5.14. The molecule has 1 saturated heterocycles. The van der Waals surface area contributed by atoms with E-state index in [0.717, 1.165) is 16.7 Å². The average molecular weight is 307 g/mol. The second kappa shape index (κ2) is 6.45. The normalized spacial score (nSPS) is 18.8. The molecular weight excluding hydrogens is 294 g/mol. The fourth-order valence-electron chi connectivity index (χ4n) is 1.72. The summed E-state index contributed by atoms with van der Waals surface area (Å²) in [7, 11) is 1.21. The number of thioether (sulfide) groups is 1. The van der Waals surface area contributed by atoms with Gasteiger partial charge in [-0.15, -0.1) is 0 Å². The highest BCUT2D eigenvalue weighted by Gasteiger charge is 2.40. The maximum absolute atomic E-state index is 12.1. The van der Waals surface area contributed by atoms with Crippen molar-refractivity contribution in [3.63, 3.8) is 0 Å². The van der Waals surface area contributed by atoms with Gasteiger partial charge in [-0.2, -0.15) is 0 Å². The standard InChI is InChI=1S/C14H13NO5S/c1-9(13(17)19-2)15-12(16)11(21-14(15)18)7-3-5-10-6-4-8-20-10/h3-9H,1-2H3. The Morgan fingerprint density at radius 3 is 2.86 bits per heavy atom. The molecule has 0 bridgehead atoms. The molecule has 0 radical (unpaired) electrons. The Morgan fingerprint density at radius 1 is 1.48 bits per heavy atom. The summed E-state index contributed by atoms with van der Waals surface area (Å²) in [5.74, 6) is -0.509. The highest BCUT2D eigenvalue weighted by atomic mass is 32.2. The van der Waals surface area contributed by atoms with Crippen LogP contribution in [-0.2, 0) is 14.3 Å². The van der Waals surface area contributed by atoms with Crippen molar-refractivity contribution < 1.29 is 23.5 Å². The van der Waals surface area contributed by atoms with Gasteiger partial charge in [-0.05, 0) is 43.0 Å². The number of allylic oxidation sites excluding steroid dienone is 2. The van der Waals surface area contributed by atoms with Gasteiger partial charge in [0, 0.05) is 0 Å². The molecule has 0 aliphatic carbocycles. The minimum atomic E-state index is -0.942. The number of esters is 1. The molecule has 1 atom stereocenters. The van der Waals surface area contributed by atoms with E-state index >= 15 is 0 Å². The van der Waals surface area contributed by atoms with Crippen molar-refractivity contribution in [1.29, 1.82) is 0 Å². The van der Waals surface area contributed by atoms with Gasteiger partial charge in [-0.25, -0.2) is 4.79 Å². The number of rotatable bonds is 4. The molecule has 1 unspecified atom stereocenters. The summed E-state index contributed by atoms with van der Waals surface area (Å²) in [6, 6.07) is 2.56. The quantitative estimate of drug-likeness (QED) is 0.628. The lowest BCUT2D eigenvalue weighted by Gasteiger charge is -2.18. The van der Waals surface area contributed by atoms with Crippen LogP contribution in [0.15, 0.2) is 39.9 Å². The lowest BCUT2D eigenvalue weighted by atomic mass is 10.3. The molecule has 2 heterocycles. The maximum Gasteiger partial charge on any atom is 0.328 e. The van der Waals surface area contributed by atoms with Gasteiger partial charge in [0.05, 0.1) is 18.3 Å². The summed E-state index contributed by atoms with van der Waals surface area (Å²) in [4.78, 5) is 36.5. The highest BCUT2D eigenvalue weighted by Crippen LogP contribution is 2.32. The van der Waals surface area contributed by atoms with E-state index < -0.39 is 23.2 Å². The number of methoxy groups -OCH3 is 1.